The number of nitrogens with zero attached hydrogens (tertiary/aromatic N) is 1. The van der Waals surface area contributed by atoms with Crippen LogP contribution >= 0.6 is 0 Å². The molecule has 3 N–H and O–H groups in total. The Bertz CT molecular complexity index is 275. The van der Waals surface area contributed by atoms with Gasteiger partial charge in [-0.05, 0) is 27.2 Å². The maximum Gasteiger partial charge on any atom is 0.181 e. The summed E-state index contributed by atoms with van der Waals surface area (Å²) >= 11 is 0. The maximum atomic E-state index is 9.71. The van der Waals surface area contributed by atoms with Crippen molar-refractivity contribution in [1.82, 2.24) is 4.98 Å². The van der Waals surface area contributed by atoms with Crippen molar-refractivity contribution in [2.24, 2.45) is 5.73 Å². The summed E-state index contributed by atoms with van der Waals surface area (Å²) in [7, 11) is 0. The second-order valence-electron chi connectivity index (χ2n) is 4.01. The molecule has 1 aromatic heterocycles. The van der Waals surface area contributed by atoms with Crippen molar-refractivity contribution < 1.29 is 9.52 Å². The maximum absolute atomic E-state index is 9.71. The zero-order valence-electron chi connectivity index (χ0n) is 8.24. The fraction of sp³-hybridized carbons (Fsp3) is 0.667. The number of nitrogens with two attached hydrogens (primary N) is 1. The first-order valence-corrected chi connectivity index (χ1v) is 4.27. The minimum atomic E-state index is -0.664. The monoisotopic (exact) mass is 184 g/mol. The third-order valence-corrected chi connectivity index (χ3v) is 1.80. The number of rotatable bonds is 3. The molecule has 0 radical (unpaired) electrons. The van der Waals surface area contributed by atoms with Gasteiger partial charge < -0.3 is 15.3 Å². The molecule has 0 saturated carbocycles. The van der Waals surface area contributed by atoms with E-state index in [9.17, 15) is 5.11 Å². The summed E-state index contributed by atoms with van der Waals surface area (Å²) in [5.74, 6) is 0.513. The Morgan fingerprint density at radius 1 is 1.69 bits per heavy atom. The number of hydrogen-bond donors (Lipinski definition) is 2. The van der Waals surface area contributed by atoms with Gasteiger partial charge in [-0.2, -0.15) is 0 Å². The molecule has 13 heavy (non-hydrogen) atoms. The van der Waals surface area contributed by atoms with Crippen molar-refractivity contribution in [2.75, 3.05) is 0 Å². The van der Waals surface area contributed by atoms with Crippen LogP contribution < -0.4 is 5.73 Å². The molecular weight excluding hydrogens is 168 g/mol. The summed E-state index contributed by atoms with van der Waals surface area (Å²) in [6, 6.07) is 0. The third-order valence-electron chi connectivity index (χ3n) is 1.80. The fourth-order valence-electron chi connectivity index (χ4n) is 1.22. The van der Waals surface area contributed by atoms with Crippen molar-refractivity contribution >= 4 is 0 Å². The molecule has 4 nitrogen and oxygen atoms in total. The SMILES string of the molecule is Cc1ncoc1C(O)CC(C)(C)N. The largest absolute Gasteiger partial charge is 0.445 e. The number of aromatic nitrogens is 1. The Labute approximate surface area is 77.8 Å². The highest BCUT2D eigenvalue weighted by atomic mass is 16.4. The van der Waals surface area contributed by atoms with Crippen LogP contribution in [0.5, 0.6) is 0 Å². The quantitative estimate of drug-likeness (QED) is 0.739. The molecule has 0 spiro atoms. The molecule has 74 valence electrons. The predicted octanol–water partition coefficient (Wildman–Crippen LogP) is 1.14. The minimum Gasteiger partial charge on any atom is -0.445 e. The molecule has 0 aliphatic carbocycles. The fourth-order valence-corrected chi connectivity index (χ4v) is 1.22. The van der Waals surface area contributed by atoms with Gasteiger partial charge in [-0.3, -0.25) is 0 Å². The van der Waals surface area contributed by atoms with Gasteiger partial charge in [-0.25, -0.2) is 4.98 Å². The molecular formula is C9H16N2O2. The average molecular weight is 184 g/mol. The van der Waals surface area contributed by atoms with Crippen LogP contribution in [-0.2, 0) is 0 Å². The lowest BCUT2D eigenvalue weighted by molar-refractivity contribution is 0.117. The lowest BCUT2D eigenvalue weighted by atomic mass is 9.96. The van der Waals surface area contributed by atoms with E-state index in [1.807, 2.05) is 13.8 Å². The Morgan fingerprint density at radius 3 is 2.69 bits per heavy atom. The van der Waals surface area contributed by atoms with E-state index in [-0.39, 0.29) is 0 Å². The van der Waals surface area contributed by atoms with Gasteiger partial charge in [0, 0.05) is 5.54 Å². The van der Waals surface area contributed by atoms with Crippen molar-refractivity contribution in [3.8, 4) is 0 Å². The van der Waals surface area contributed by atoms with Gasteiger partial charge in [-0.1, -0.05) is 0 Å². The van der Waals surface area contributed by atoms with Crippen molar-refractivity contribution in [2.45, 2.75) is 38.8 Å². The Balaban J connectivity index is 2.69. The van der Waals surface area contributed by atoms with Gasteiger partial charge in [-0.15, -0.1) is 0 Å². The Kier molecular flexibility index (Phi) is 2.73. The highest BCUT2D eigenvalue weighted by Gasteiger charge is 2.22. The molecule has 0 saturated heterocycles. The van der Waals surface area contributed by atoms with E-state index < -0.39 is 11.6 Å². The molecule has 1 atom stereocenters. The third kappa shape index (κ3) is 2.82. The molecule has 0 aliphatic heterocycles. The highest BCUT2D eigenvalue weighted by molar-refractivity contribution is 5.08. The summed E-state index contributed by atoms with van der Waals surface area (Å²) in [5, 5.41) is 9.71. The zero-order valence-corrected chi connectivity index (χ0v) is 8.24. The van der Waals surface area contributed by atoms with Gasteiger partial charge in [0.25, 0.3) is 0 Å². The van der Waals surface area contributed by atoms with Gasteiger partial charge >= 0.3 is 0 Å². The smallest absolute Gasteiger partial charge is 0.181 e. The molecule has 1 rings (SSSR count). The number of hydrogen-bond acceptors (Lipinski definition) is 4. The molecule has 4 heteroatoms. The first-order chi connectivity index (χ1) is 5.90. The summed E-state index contributed by atoms with van der Waals surface area (Å²) in [6.07, 6.45) is 1.13. The van der Waals surface area contributed by atoms with E-state index >= 15 is 0 Å². The topological polar surface area (TPSA) is 72.3 Å². The molecule has 0 amide bonds. The van der Waals surface area contributed by atoms with Gasteiger partial charge in [0.15, 0.2) is 12.2 Å². The Hall–Kier alpha value is -0.870. The molecule has 0 fully saturated rings. The second-order valence-corrected chi connectivity index (χ2v) is 4.01. The minimum absolute atomic E-state index is 0.404. The Morgan fingerprint density at radius 2 is 2.31 bits per heavy atom. The molecule has 0 bridgehead atoms. The number of oxazole rings is 1. The highest BCUT2D eigenvalue weighted by Crippen LogP contribution is 2.23. The van der Waals surface area contributed by atoms with Gasteiger partial charge in [0.05, 0.1) is 5.69 Å². The lowest BCUT2D eigenvalue weighted by Crippen LogP contribution is -2.33. The lowest BCUT2D eigenvalue weighted by Gasteiger charge is -2.21. The molecule has 0 aliphatic rings. The summed E-state index contributed by atoms with van der Waals surface area (Å²) in [4.78, 5) is 3.90. The predicted molar refractivity (Wildman–Crippen MR) is 49.1 cm³/mol. The number of aryl methyl sites for hydroxylation is 1. The zero-order chi connectivity index (χ0) is 10.1. The van der Waals surface area contributed by atoms with E-state index in [4.69, 9.17) is 10.2 Å². The molecule has 1 heterocycles. The standard InChI is InChI=1S/C9H16N2O2/c1-6-8(13-5-11-6)7(12)4-9(2,3)10/h5,7,12H,4,10H2,1-3H3. The first-order valence-electron chi connectivity index (χ1n) is 4.27. The van der Waals surface area contributed by atoms with Crippen LogP contribution in [0, 0.1) is 6.92 Å². The van der Waals surface area contributed by atoms with E-state index in [0.717, 1.165) is 5.69 Å². The molecule has 0 aromatic carbocycles. The van der Waals surface area contributed by atoms with Crippen LogP contribution in [-0.4, -0.2) is 15.6 Å². The van der Waals surface area contributed by atoms with Crippen LogP contribution in [0.3, 0.4) is 0 Å². The van der Waals surface area contributed by atoms with Gasteiger partial charge in [0.1, 0.15) is 6.10 Å². The number of aliphatic hydroxyl groups is 1. The van der Waals surface area contributed by atoms with Crippen LogP contribution in [0.25, 0.3) is 0 Å². The van der Waals surface area contributed by atoms with Gasteiger partial charge in [0.2, 0.25) is 0 Å². The van der Waals surface area contributed by atoms with Crippen molar-refractivity contribution in [3.05, 3.63) is 17.8 Å². The van der Waals surface area contributed by atoms with E-state index in [0.29, 0.717) is 12.2 Å². The summed E-state index contributed by atoms with van der Waals surface area (Å²) in [5.41, 5.74) is 6.09. The van der Waals surface area contributed by atoms with Crippen LogP contribution in [0.4, 0.5) is 0 Å². The molecule has 1 unspecified atom stereocenters. The average Bonchev–Trinajstić information content (AvgIpc) is 2.30. The first kappa shape index (κ1) is 10.2. The summed E-state index contributed by atoms with van der Waals surface area (Å²) < 4.78 is 5.06. The normalized spacial score (nSPS) is 14.5. The van der Waals surface area contributed by atoms with E-state index in [1.165, 1.54) is 6.39 Å². The van der Waals surface area contributed by atoms with Crippen molar-refractivity contribution in [3.63, 3.8) is 0 Å². The van der Waals surface area contributed by atoms with E-state index in [1.54, 1.807) is 6.92 Å². The van der Waals surface area contributed by atoms with E-state index in [2.05, 4.69) is 4.98 Å². The van der Waals surface area contributed by atoms with Crippen molar-refractivity contribution in [1.29, 1.82) is 0 Å². The van der Waals surface area contributed by atoms with Crippen LogP contribution in [0.15, 0.2) is 10.8 Å². The van der Waals surface area contributed by atoms with Crippen LogP contribution in [0.1, 0.15) is 37.8 Å². The van der Waals surface area contributed by atoms with Crippen LogP contribution in [0.2, 0.25) is 0 Å². The molecule has 1 aromatic rings. The number of aliphatic hydroxyl groups excluding tert-OH is 1. The summed E-state index contributed by atoms with van der Waals surface area (Å²) in [6.45, 7) is 5.52. The second kappa shape index (κ2) is 3.47.